The third kappa shape index (κ3) is 11.1. The highest BCUT2D eigenvalue weighted by Gasteiger charge is 2.34. The van der Waals surface area contributed by atoms with Crippen LogP contribution in [-0.2, 0) is 22.6 Å². The van der Waals surface area contributed by atoms with Crippen molar-refractivity contribution in [3.05, 3.63) is 53.3 Å². The van der Waals surface area contributed by atoms with Crippen LogP contribution in [-0.4, -0.2) is 69.0 Å². The van der Waals surface area contributed by atoms with Crippen molar-refractivity contribution in [1.29, 1.82) is 0 Å². The lowest BCUT2D eigenvalue weighted by Gasteiger charge is -2.46. The second-order valence-corrected chi connectivity index (χ2v) is 23.3. The van der Waals surface area contributed by atoms with E-state index >= 15 is 0 Å². The van der Waals surface area contributed by atoms with E-state index in [2.05, 4.69) is 49.9 Å². The summed E-state index contributed by atoms with van der Waals surface area (Å²) in [5.41, 5.74) is 0. The molecule has 0 aliphatic rings. The van der Waals surface area contributed by atoms with Gasteiger partial charge in [-0.05, 0) is 57.9 Å². The number of hydrogen-bond donors (Lipinski definition) is 2. The Bertz CT molecular complexity index is 933. The molecule has 0 aliphatic heterocycles. The molecule has 0 aromatic heterocycles. The van der Waals surface area contributed by atoms with Gasteiger partial charge in [-0.2, -0.15) is 14.5 Å². The molecule has 7 nitrogen and oxygen atoms in total. The Kier molecular flexibility index (Phi) is 11.1. The summed E-state index contributed by atoms with van der Waals surface area (Å²) in [6, 6.07) is 9.02. The predicted molar refractivity (Wildman–Crippen MR) is 144 cm³/mol. The van der Waals surface area contributed by atoms with Crippen molar-refractivity contribution in [2.75, 3.05) is 32.4 Å². The molecule has 1 aromatic carbocycles. The molecule has 0 saturated heterocycles. The first-order valence-corrected chi connectivity index (χ1v) is 20.9. The van der Waals surface area contributed by atoms with Gasteiger partial charge in [-0.15, -0.1) is 19.6 Å². The van der Waals surface area contributed by atoms with Crippen LogP contribution in [0.3, 0.4) is 0 Å². The van der Waals surface area contributed by atoms with Crippen LogP contribution in [0.1, 0.15) is 6.42 Å². The van der Waals surface area contributed by atoms with Gasteiger partial charge in [0.1, 0.15) is 11.4 Å². The van der Waals surface area contributed by atoms with Gasteiger partial charge >= 0.3 is 24.3 Å². The van der Waals surface area contributed by atoms with Gasteiger partial charge in [0.15, 0.2) is 6.21 Å². The van der Waals surface area contributed by atoms with E-state index in [1.54, 1.807) is 30.5 Å². The van der Waals surface area contributed by atoms with E-state index < -0.39 is 43.0 Å². The summed E-state index contributed by atoms with van der Waals surface area (Å²) in [5, 5.41) is 10.0. The third-order valence-corrected chi connectivity index (χ3v) is 14.8. The van der Waals surface area contributed by atoms with Crippen LogP contribution >= 0.6 is 10.3 Å². The predicted octanol–water partition coefficient (Wildman–Crippen LogP) is 3.64. The summed E-state index contributed by atoms with van der Waals surface area (Å²) < 4.78 is 41.3. The summed E-state index contributed by atoms with van der Waals surface area (Å²) in [6.45, 7) is 9.41. The Morgan fingerprint density at radius 2 is 1.82 bits per heavy atom. The molecule has 2 atom stereocenters. The number of allylic oxidation sites excluding steroid dienone is 2. The number of aliphatic hydroxyl groups excluding tert-OH is 1. The lowest BCUT2D eigenvalue weighted by atomic mass is 10.4. The molecule has 0 radical (unpaired) electrons. The van der Waals surface area contributed by atoms with Crippen LogP contribution in [0.4, 0.5) is 0 Å². The summed E-state index contributed by atoms with van der Waals surface area (Å²) >= 11 is 0. The van der Waals surface area contributed by atoms with E-state index in [9.17, 15) is 13.5 Å². The SMILES string of the molecule is COC(O)=C(C=CC=[NH+]CCC[Si](C)(O[Si-](C)(C)C)OS(C)(C)C)S(=O)(=[OH+])c1ccccc1. The summed E-state index contributed by atoms with van der Waals surface area (Å²) in [6.07, 6.45) is 11.9. The van der Waals surface area contributed by atoms with Gasteiger partial charge < -0.3 is 17.8 Å². The van der Waals surface area contributed by atoms with Gasteiger partial charge in [0.25, 0.3) is 0 Å². The molecule has 3 N–H and O–H groups in total. The van der Waals surface area contributed by atoms with Gasteiger partial charge in [-0.25, -0.2) is 9.20 Å². The normalized spacial score (nSPS) is 18.1. The molecule has 0 amide bonds. The van der Waals surface area contributed by atoms with E-state index in [0.29, 0.717) is 6.54 Å². The Balaban J connectivity index is 2.83. The largest absolute Gasteiger partial charge is 0.589 e. The quantitative estimate of drug-likeness (QED) is 0.100. The fraction of sp³-hybridized carbons (Fsp3) is 0.500. The lowest BCUT2D eigenvalue weighted by molar-refractivity contribution is -0.450. The fourth-order valence-corrected chi connectivity index (χ4v) is 16.0. The monoisotopic (exact) mass is 535 g/mol. The van der Waals surface area contributed by atoms with Crippen molar-refractivity contribution in [2.45, 2.75) is 43.5 Å². The van der Waals surface area contributed by atoms with Crippen molar-refractivity contribution in [3.8, 4) is 0 Å². The highest BCUT2D eigenvalue weighted by atomic mass is 32.3. The number of ether oxygens (including phenoxy) is 1. The zero-order valence-electron chi connectivity index (χ0n) is 21.1. The molecule has 0 saturated carbocycles. The van der Waals surface area contributed by atoms with E-state index in [4.69, 9.17) is 12.7 Å². The summed E-state index contributed by atoms with van der Waals surface area (Å²) in [7, 11) is -7.57. The smallest absolute Gasteiger partial charge is 0.339 e. The standard InChI is InChI=1S/C22H39NO6S2Si2/c1-27-22(24)21(31(25,26)20-14-10-9-11-15-20)16-12-17-23-18-13-19-33(8,28-30(2,3)4)29-32(5,6)7/h9-12,14-17,24H,13,18-19H2,1-8H3/q-1/p+2. The Morgan fingerprint density at radius 3 is 2.33 bits per heavy atom. The topological polar surface area (TPSA) is 100 Å². The average Bonchev–Trinajstić information content (AvgIpc) is 2.67. The molecule has 1 aromatic rings. The van der Waals surface area contributed by atoms with Crippen LogP contribution in [0.15, 0.2) is 58.2 Å². The molecular weight excluding hydrogens is 495 g/mol. The molecule has 0 bridgehead atoms. The van der Waals surface area contributed by atoms with E-state index in [0.717, 1.165) is 12.5 Å². The molecule has 2 unspecified atom stereocenters. The van der Waals surface area contributed by atoms with Crippen molar-refractivity contribution < 1.29 is 31.2 Å². The highest BCUT2D eigenvalue weighted by Crippen LogP contribution is 2.42. The molecule has 0 fully saturated rings. The fourth-order valence-electron chi connectivity index (χ4n) is 3.20. The number of nitrogens with one attached hydrogen (secondary N) is 1. The number of rotatable bonds is 13. The zero-order valence-corrected chi connectivity index (χ0v) is 24.7. The van der Waals surface area contributed by atoms with Gasteiger partial charge in [-0.1, -0.05) is 18.2 Å². The van der Waals surface area contributed by atoms with Crippen molar-refractivity contribution in [2.24, 2.45) is 0 Å². The van der Waals surface area contributed by atoms with E-state index in [1.165, 1.54) is 25.3 Å². The molecule has 1 rings (SSSR count). The Labute approximate surface area is 203 Å². The molecular formula is C22H41NO6S2Si2+. The van der Waals surface area contributed by atoms with Crippen LogP contribution < -0.4 is 4.99 Å². The van der Waals surface area contributed by atoms with E-state index in [1.807, 2.05) is 0 Å². The lowest BCUT2D eigenvalue weighted by Crippen LogP contribution is -2.69. The Hall–Kier alpha value is -1.38. The highest BCUT2D eigenvalue weighted by molar-refractivity contribution is 8.28. The number of hydrogen-bond acceptors (Lipinski definition) is 5. The number of aliphatic hydroxyl groups is 1. The second-order valence-electron chi connectivity index (χ2n) is 9.45. The van der Waals surface area contributed by atoms with Crippen molar-refractivity contribution in [1.82, 2.24) is 0 Å². The third-order valence-electron chi connectivity index (χ3n) is 4.13. The minimum Gasteiger partial charge on any atom is -0.589 e. The summed E-state index contributed by atoms with van der Waals surface area (Å²) in [5.74, 6) is -0.594. The van der Waals surface area contributed by atoms with Gasteiger partial charge in [0, 0.05) is 12.5 Å². The van der Waals surface area contributed by atoms with Crippen molar-refractivity contribution in [3.63, 3.8) is 0 Å². The minimum absolute atomic E-state index is 0.189. The maximum absolute atomic E-state index is 12.9. The molecule has 189 valence electrons. The maximum Gasteiger partial charge on any atom is 0.339 e. The summed E-state index contributed by atoms with van der Waals surface area (Å²) in [4.78, 5) is 3.18. The van der Waals surface area contributed by atoms with Crippen LogP contribution in [0.2, 0.25) is 32.2 Å². The first-order chi connectivity index (χ1) is 15.1. The maximum atomic E-state index is 12.9. The molecule has 33 heavy (non-hydrogen) atoms. The van der Waals surface area contributed by atoms with Gasteiger partial charge in [0.05, 0.1) is 7.11 Å². The Morgan fingerprint density at radius 1 is 1.21 bits per heavy atom. The van der Waals surface area contributed by atoms with Crippen LogP contribution in [0.5, 0.6) is 0 Å². The number of methoxy groups -OCH3 is 1. The average molecular weight is 536 g/mol. The van der Waals surface area contributed by atoms with Crippen LogP contribution in [0, 0.1) is 0 Å². The van der Waals surface area contributed by atoms with Crippen molar-refractivity contribution >= 4 is 43.2 Å². The molecule has 0 aliphatic carbocycles. The van der Waals surface area contributed by atoms with E-state index in [-0.39, 0.29) is 9.80 Å². The number of benzene rings is 1. The van der Waals surface area contributed by atoms with Crippen LogP contribution in [0.25, 0.3) is 0 Å². The minimum atomic E-state index is -3.67. The first kappa shape index (κ1) is 29.7. The second kappa shape index (κ2) is 12.4. The first-order valence-electron chi connectivity index (χ1n) is 10.7. The van der Waals surface area contributed by atoms with Gasteiger partial charge in [-0.3, -0.25) is 0 Å². The molecule has 0 heterocycles. The molecule has 0 spiro atoms. The molecule has 11 heteroatoms. The zero-order chi connectivity index (χ0) is 25.3. The van der Waals surface area contributed by atoms with Gasteiger partial charge in [0.2, 0.25) is 4.91 Å².